The van der Waals surface area contributed by atoms with E-state index >= 15 is 0 Å². The first-order chi connectivity index (χ1) is 6.27. The van der Waals surface area contributed by atoms with Crippen molar-refractivity contribution >= 4 is 5.91 Å². The molecule has 0 bridgehead atoms. The van der Waals surface area contributed by atoms with Crippen LogP contribution in [0.1, 0.15) is 10.4 Å². The number of amides is 1. The Morgan fingerprint density at radius 3 is 1.92 bits per heavy atom. The highest BCUT2D eigenvalue weighted by molar-refractivity contribution is 5.93. The lowest BCUT2D eigenvalue weighted by Crippen LogP contribution is -2.09. The standard InChI is InChI=1S/C11H9NO/c12-11(13)10-6-4-8-2-1-3-9(8)5-7-10/h1-7H,(H2,12,13). The minimum absolute atomic E-state index is 0.391. The van der Waals surface area contributed by atoms with Crippen molar-refractivity contribution < 1.29 is 4.79 Å². The predicted molar refractivity (Wildman–Crippen MR) is 51.6 cm³/mol. The molecule has 2 N–H and O–H groups in total. The Kier molecular flexibility index (Phi) is 1.74. The number of carbonyl (C=O) groups excluding carboxylic acids is 1. The van der Waals surface area contributed by atoms with Gasteiger partial charge in [0.25, 0.3) is 0 Å². The van der Waals surface area contributed by atoms with Gasteiger partial charge in [0.15, 0.2) is 0 Å². The molecule has 0 aliphatic heterocycles. The van der Waals surface area contributed by atoms with Crippen molar-refractivity contribution in [2.45, 2.75) is 0 Å². The Hall–Kier alpha value is -1.83. The van der Waals surface area contributed by atoms with Crippen LogP contribution in [0.15, 0.2) is 42.5 Å². The summed E-state index contributed by atoms with van der Waals surface area (Å²) in [6.07, 6.45) is 0. The van der Waals surface area contributed by atoms with E-state index in [9.17, 15) is 4.79 Å². The van der Waals surface area contributed by atoms with Crippen molar-refractivity contribution in [2.24, 2.45) is 5.73 Å². The van der Waals surface area contributed by atoms with Crippen LogP contribution in [0.3, 0.4) is 0 Å². The number of hydrogen-bond acceptors (Lipinski definition) is 1. The molecule has 0 saturated carbocycles. The van der Waals surface area contributed by atoms with Gasteiger partial charge in [0.2, 0.25) is 5.91 Å². The molecule has 2 aliphatic rings. The SMILES string of the molecule is NC(=O)c1ccc2cccc-2cc1. The Labute approximate surface area is 76.3 Å². The minimum atomic E-state index is -0.391. The summed E-state index contributed by atoms with van der Waals surface area (Å²) in [5.74, 6) is -0.391. The van der Waals surface area contributed by atoms with E-state index in [1.165, 1.54) is 0 Å². The molecule has 2 rings (SSSR count). The van der Waals surface area contributed by atoms with Crippen LogP contribution >= 0.6 is 0 Å². The monoisotopic (exact) mass is 171 g/mol. The topological polar surface area (TPSA) is 43.1 Å². The molecule has 0 fully saturated rings. The molecule has 0 atom stereocenters. The smallest absolute Gasteiger partial charge is 0.248 e. The summed E-state index contributed by atoms with van der Waals surface area (Å²) in [5, 5.41) is 0. The van der Waals surface area contributed by atoms with Gasteiger partial charge in [-0.05, 0) is 23.3 Å². The maximum Gasteiger partial charge on any atom is 0.248 e. The average Bonchev–Trinajstić information content (AvgIpc) is 2.44. The molecule has 0 aromatic heterocycles. The molecule has 0 saturated heterocycles. The second kappa shape index (κ2) is 2.90. The van der Waals surface area contributed by atoms with Crippen LogP contribution in [0, 0.1) is 0 Å². The molecule has 0 radical (unpaired) electrons. The third-order valence-electron chi connectivity index (χ3n) is 2.05. The average molecular weight is 171 g/mol. The molecule has 0 unspecified atom stereocenters. The zero-order chi connectivity index (χ0) is 9.26. The second-order valence-corrected chi connectivity index (χ2v) is 2.92. The third-order valence-corrected chi connectivity index (χ3v) is 2.05. The Morgan fingerprint density at radius 1 is 0.923 bits per heavy atom. The predicted octanol–water partition coefficient (Wildman–Crippen LogP) is 1.89. The van der Waals surface area contributed by atoms with Gasteiger partial charge in [0.05, 0.1) is 0 Å². The largest absolute Gasteiger partial charge is 0.366 e. The molecular weight excluding hydrogens is 162 g/mol. The fourth-order valence-electron chi connectivity index (χ4n) is 1.33. The highest BCUT2D eigenvalue weighted by atomic mass is 16.1. The molecule has 13 heavy (non-hydrogen) atoms. The number of nitrogens with two attached hydrogens (primary N) is 1. The molecule has 64 valence electrons. The zero-order valence-corrected chi connectivity index (χ0v) is 7.03. The number of rotatable bonds is 1. The van der Waals surface area contributed by atoms with Gasteiger partial charge in [-0.2, -0.15) is 0 Å². The maximum absolute atomic E-state index is 10.9. The summed E-state index contributed by atoms with van der Waals surface area (Å²) < 4.78 is 0. The fourth-order valence-corrected chi connectivity index (χ4v) is 1.33. The van der Waals surface area contributed by atoms with E-state index in [4.69, 9.17) is 5.73 Å². The molecule has 0 heterocycles. The Bertz CT molecular complexity index is 392. The molecule has 0 spiro atoms. The number of carbonyl (C=O) groups is 1. The lowest BCUT2D eigenvalue weighted by molar-refractivity contribution is 0.100. The van der Waals surface area contributed by atoms with Gasteiger partial charge in [0, 0.05) is 5.56 Å². The summed E-state index contributed by atoms with van der Waals surface area (Å²) in [5.41, 5.74) is 7.94. The summed E-state index contributed by atoms with van der Waals surface area (Å²) in [4.78, 5) is 10.9. The molecule has 0 aromatic carbocycles. The number of fused-ring (bicyclic) bond motifs is 1. The first-order valence-electron chi connectivity index (χ1n) is 4.06. The van der Waals surface area contributed by atoms with Crippen LogP contribution in [-0.4, -0.2) is 5.91 Å². The van der Waals surface area contributed by atoms with Crippen LogP contribution in [0.25, 0.3) is 11.1 Å². The van der Waals surface area contributed by atoms with E-state index in [2.05, 4.69) is 0 Å². The zero-order valence-electron chi connectivity index (χ0n) is 7.03. The van der Waals surface area contributed by atoms with E-state index in [0.29, 0.717) is 5.56 Å². The van der Waals surface area contributed by atoms with Crippen LogP contribution in [0.5, 0.6) is 0 Å². The highest BCUT2D eigenvalue weighted by Gasteiger charge is 2.01. The fraction of sp³-hybridized carbons (Fsp3) is 0. The Morgan fingerprint density at radius 2 is 1.46 bits per heavy atom. The maximum atomic E-state index is 10.9. The normalized spacial score (nSPS) is 10.2. The molecule has 1 amide bonds. The van der Waals surface area contributed by atoms with Crippen molar-refractivity contribution in [3.63, 3.8) is 0 Å². The summed E-state index contributed by atoms with van der Waals surface area (Å²) in [7, 11) is 0. The number of hydrogen-bond donors (Lipinski definition) is 1. The van der Waals surface area contributed by atoms with E-state index in [1.54, 1.807) is 12.1 Å². The second-order valence-electron chi connectivity index (χ2n) is 2.92. The van der Waals surface area contributed by atoms with Gasteiger partial charge in [-0.1, -0.05) is 30.3 Å². The van der Waals surface area contributed by atoms with E-state index in [0.717, 1.165) is 11.1 Å². The van der Waals surface area contributed by atoms with Crippen LogP contribution in [0.4, 0.5) is 0 Å². The Balaban J connectivity index is 2.61. The van der Waals surface area contributed by atoms with Crippen molar-refractivity contribution in [2.75, 3.05) is 0 Å². The summed E-state index contributed by atoms with van der Waals surface area (Å²) >= 11 is 0. The first kappa shape index (κ1) is 7.80. The van der Waals surface area contributed by atoms with Gasteiger partial charge in [-0.3, -0.25) is 4.79 Å². The third kappa shape index (κ3) is 1.38. The first-order valence-corrected chi connectivity index (χ1v) is 4.06. The number of primary amides is 1. The summed E-state index contributed by atoms with van der Waals surface area (Å²) in [6.45, 7) is 0. The summed E-state index contributed by atoms with van der Waals surface area (Å²) in [6, 6.07) is 13.3. The van der Waals surface area contributed by atoms with Crippen molar-refractivity contribution in [3.8, 4) is 11.1 Å². The van der Waals surface area contributed by atoms with Crippen molar-refractivity contribution in [3.05, 3.63) is 48.0 Å². The van der Waals surface area contributed by atoms with Gasteiger partial charge < -0.3 is 5.73 Å². The van der Waals surface area contributed by atoms with Crippen LogP contribution in [-0.2, 0) is 0 Å². The van der Waals surface area contributed by atoms with Gasteiger partial charge in [-0.25, -0.2) is 0 Å². The lowest BCUT2D eigenvalue weighted by atomic mass is 10.2. The molecular formula is C11H9NO. The molecule has 2 aliphatic carbocycles. The van der Waals surface area contributed by atoms with E-state index in [-0.39, 0.29) is 0 Å². The molecule has 2 nitrogen and oxygen atoms in total. The van der Waals surface area contributed by atoms with Crippen LogP contribution in [0.2, 0.25) is 0 Å². The van der Waals surface area contributed by atoms with Gasteiger partial charge >= 0.3 is 0 Å². The minimum Gasteiger partial charge on any atom is -0.366 e. The quantitative estimate of drug-likeness (QED) is 0.699. The molecule has 0 aromatic rings. The lowest BCUT2D eigenvalue weighted by Gasteiger charge is -1.85. The van der Waals surface area contributed by atoms with Crippen molar-refractivity contribution in [1.29, 1.82) is 0 Å². The van der Waals surface area contributed by atoms with Gasteiger partial charge in [-0.15, -0.1) is 0 Å². The highest BCUT2D eigenvalue weighted by Crippen LogP contribution is 2.21. The van der Waals surface area contributed by atoms with Gasteiger partial charge in [0.1, 0.15) is 0 Å². The van der Waals surface area contributed by atoms with E-state index < -0.39 is 5.91 Å². The van der Waals surface area contributed by atoms with E-state index in [1.807, 2.05) is 30.3 Å². The molecule has 2 heteroatoms. The van der Waals surface area contributed by atoms with Crippen LogP contribution < -0.4 is 5.73 Å². The van der Waals surface area contributed by atoms with Crippen molar-refractivity contribution in [1.82, 2.24) is 0 Å².